The first kappa shape index (κ1) is 15.3. The van der Waals surface area contributed by atoms with Crippen molar-refractivity contribution in [2.24, 2.45) is 11.7 Å². The molecule has 1 aromatic rings. The summed E-state index contributed by atoms with van der Waals surface area (Å²) in [6.45, 7) is 6.03. The molecule has 0 radical (unpaired) electrons. The zero-order valence-corrected chi connectivity index (χ0v) is 12.6. The molecule has 1 saturated heterocycles. The summed E-state index contributed by atoms with van der Waals surface area (Å²) in [5, 5.41) is 0. The Hall–Kier alpha value is -1.13. The smallest absolute Gasteiger partial charge is 0.165 e. The maximum Gasteiger partial charge on any atom is 0.165 e. The number of ether oxygens (including phenoxy) is 1. The van der Waals surface area contributed by atoms with Crippen molar-refractivity contribution in [3.63, 3.8) is 0 Å². The maximum absolute atomic E-state index is 13.9. The first-order valence-corrected chi connectivity index (χ1v) is 7.37. The fraction of sp³-hybridized carbons (Fsp3) is 0.625. The molecule has 20 heavy (non-hydrogen) atoms. The molecule has 2 unspecified atom stereocenters. The fourth-order valence-corrected chi connectivity index (χ4v) is 3.27. The molecule has 112 valence electrons. The quantitative estimate of drug-likeness (QED) is 0.901. The second kappa shape index (κ2) is 6.55. The van der Waals surface area contributed by atoms with Gasteiger partial charge < -0.3 is 10.5 Å². The van der Waals surface area contributed by atoms with Crippen LogP contribution in [0.5, 0.6) is 5.75 Å². The van der Waals surface area contributed by atoms with E-state index < -0.39 is 0 Å². The number of nitrogens with zero attached hydrogens (tertiary/aromatic N) is 1. The van der Waals surface area contributed by atoms with Crippen LogP contribution >= 0.6 is 0 Å². The van der Waals surface area contributed by atoms with Crippen molar-refractivity contribution < 1.29 is 9.13 Å². The number of benzene rings is 1. The van der Waals surface area contributed by atoms with Crippen molar-refractivity contribution in [1.82, 2.24) is 4.90 Å². The van der Waals surface area contributed by atoms with Crippen LogP contribution in [0.2, 0.25) is 0 Å². The lowest BCUT2D eigenvalue weighted by Crippen LogP contribution is -2.40. The molecule has 2 rings (SSSR count). The summed E-state index contributed by atoms with van der Waals surface area (Å²) in [7, 11) is 1.48. The molecule has 1 aromatic carbocycles. The van der Waals surface area contributed by atoms with Crippen LogP contribution in [0, 0.1) is 11.7 Å². The van der Waals surface area contributed by atoms with Gasteiger partial charge in [0.1, 0.15) is 0 Å². The zero-order valence-electron chi connectivity index (χ0n) is 12.6. The van der Waals surface area contributed by atoms with E-state index in [1.165, 1.54) is 20.0 Å². The molecule has 1 aliphatic heterocycles. The molecular weight excluding hydrogens is 255 g/mol. The van der Waals surface area contributed by atoms with Gasteiger partial charge in [-0.1, -0.05) is 19.9 Å². The highest BCUT2D eigenvalue weighted by Gasteiger charge is 2.32. The van der Waals surface area contributed by atoms with Crippen molar-refractivity contribution in [2.75, 3.05) is 20.2 Å². The third kappa shape index (κ3) is 2.96. The Morgan fingerprint density at radius 2 is 2.20 bits per heavy atom. The third-order valence-corrected chi connectivity index (χ3v) is 4.30. The highest BCUT2D eigenvalue weighted by molar-refractivity contribution is 5.31. The fourth-order valence-electron chi connectivity index (χ4n) is 3.27. The SMILES string of the molecule is COc1ccc(C(CN)N2CCCC2C(C)C)cc1F. The molecule has 1 heterocycles. The van der Waals surface area contributed by atoms with E-state index in [-0.39, 0.29) is 17.6 Å². The Morgan fingerprint density at radius 3 is 2.75 bits per heavy atom. The van der Waals surface area contributed by atoms with Gasteiger partial charge in [0.05, 0.1) is 7.11 Å². The van der Waals surface area contributed by atoms with Crippen LogP contribution in [0.15, 0.2) is 18.2 Å². The maximum atomic E-state index is 13.9. The summed E-state index contributed by atoms with van der Waals surface area (Å²) in [4.78, 5) is 2.44. The monoisotopic (exact) mass is 280 g/mol. The summed E-state index contributed by atoms with van der Waals surface area (Å²) < 4.78 is 18.9. The molecule has 0 spiro atoms. The van der Waals surface area contributed by atoms with Crippen molar-refractivity contribution in [1.29, 1.82) is 0 Å². The van der Waals surface area contributed by atoms with Gasteiger partial charge in [-0.05, 0) is 43.0 Å². The Morgan fingerprint density at radius 1 is 1.45 bits per heavy atom. The van der Waals surface area contributed by atoms with Crippen molar-refractivity contribution >= 4 is 0 Å². The average molecular weight is 280 g/mol. The summed E-state index contributed by atoms with van der Waals surface area (Å²) in [6.07, 6.45) is 2.39. The van der Waals surface area contributed by atoms with Gasteiger partial charge in [-0.25, -0.2) is 4.39 Å². The molecule has 0 bridgehead atoms. The number of methoxy groups -OCH3 is 1. The summed E-state index contributed by atoms with van der Waals surface area (Å²) in [5.41, 5.74) is 6.92. The normalized spacial score (nSPS) is 21.4. The molecule has 0 aliphatic carbocycles. The Labute approximate surface area is 120 Å². The minimum absolute atomic E-state index is 0.0882. The van der Waals surface area contributed by atoms with Crippen LogP contribution in [-0.4, -0.2) is 31.1 Å². The number of nitrogens with two attached hydrogens (primary N) is 1. The van der Waals surface area contributed by atoms with Gasteiger partial charge in [0.25, 0.3) is 0 Å². The van der Waals surface area contributed by atoms with E-state index in [1.807, 2.05) is 6.07 Å². The summed E-state index contributed by atoms with van der Waals surface area (Å²) in [5.74, 6) is 0.560. The van der Waals surface area contributed by atoms with Gasteiger partial charge in [-0.2, -0.15) is 0 Å². The predicted octanol–water partition coefficient (Wildman–Crippen LogP) is 2.95. The van der Waals surface area contributed by atoms with E-state index in [2.05, 4.69) is 18.7 Å². The molecule has 0 amide bonds. The summed E-state index contributed by atoms with van der Waals surface area (Å²) >= 11 is 0. The van der Waals surface area contributed by atoms with Crippen molar-refractivity contribution in [3.05, 3.63) is 29.6 Å². The Bertz CT molecular complexity index is 450. The van der Waals surface area contributed by atoms with Crippen molar-refractivity contribution in [2.45, 2.75) is 38.8 Å². The van der Waals surface area contributed by atoms with Crippen LogP contribution in [0.1, 0.15) is 38.3 Å². The van der Waals surface area contributed by atoms with E-state index >= 15 is 0 Å². The minimum atomic E-state index is -0.316. The van der Waals surface area contributed by atoms with Gasteiger partial charge in [0, 0.05) is 18.6 Å². The van der Waals surface area contributed by atoms with Gasteiger partial charge >= 0.3 is 0 Å². The molecule has 4 heteroatoms. The highest BCUT2D eigenvalue weighted by atomic mass is 19.1. The first-order chi connectivity index (χ1) is 9.58. The first-order valence-electron chi connectivity index (χ1n) is 7.37. The lowest BCUT2D eigenvalue weighted by Gasteiger charge is -2.35. The van der Waals surface area contributed by atoms with Crippen LogP contribution in [-0.2, 0) is 0 Å². The molecule has 0 aromatic heterocycles. The largest absolute Gasteiger partial charge is 0.494 e. The van der Waals surface area contributed by atoms with Crippen LogP contribution in [0.25, 0.3) is 0 Å². The van der Waals surface area contributed by atoms with Crippen LogP contribution < -0.4 is 10.5 Å². The molecule has 2 N–H and O–H groups in total. The molecule has 3 nitrogen and oxygen atoms in total. The molecular formula is C16H25FN2O. The second-order valence-corrected chi connectivity index (χ2v) is 5.84. The molecule has 1 fully saturated rings. The standard InChI is InChI=1S/C16H25FN2O/c1-11(2)14-5-4-8-19(14)15(10-18)12-6-7-16(20-3)13(17)9-12/h6-7,9,11,14-15H,4-5,8,10,18H2,1-3H3. The van der Waals surface area contributed by atoms with E-state index in [9.17, 15) is 4.39 Å². The molecule has 1 aliphatic rings. The average Bonchev–Trinajstić information content (AvgIpc) is 2.89. The minimum Gasteiger partial charge on any atom is -0.494 e. The lowest BCUT2D eigenvalue weighted by atomic mass is 9.98. The topological polar surface area (TPSA) is 38.5 Å². The predicted molar refractivity (Wildman–Crippen MR) is 79.3 cm³/mol. The van der Waals surface area contributed by atoms with Crippen LogP contribution in [0.4, 0.5) is 4.39 Å². The van der Waals surface area contributed by atoms with E-state index in [4.69, 9.17) is 10.5 Å². The number of hydrogen-bond donors (Lipinski definition) is 1. The zero-order chi connectivity index (χ0) is 14.7. The van der Waals surface area contributed by atoms with Gasteiger partial charge in [-0.3, -0.25) is 4.90 Å². The van der Waals surface area contributed by atoms with Gasteiger partial charge in [0.2, 0.25) is 0 Å². The highest BCUT2D eigenvalue weighted by Crippen LogP contribution is 2.33. The number of hydrogen-bond acceptors (Lipinski definition) is 3. The number of halogens is 1. The van der Waals surface area contributed by atoms with Crippen molar-refractivity contribution in [3.8, 4) is 5.75 Å². The Balaban J connectivity index is 2.25. The number of rotatable bonds is 5. The molecule has 2 atom stereocenters. The second-order valence-electron chi connectivity index (χ2n) is 5.84. The van der Waals surface area contributed by atoms with E-state index in [0.29, 0.717) is 18.5 Å². The van der Waals surface area contributed by atoms with Gasteiger partial charge in [0.15, 0.2) is 11.6 Å². The van der Waals surface area contributed by atoms with E-state index in [0.717, 1.165) is 12.1 Å². The van der Waals surface area contributed by atoms with Gasteiger partial charge in [-0.15, -0.1) is 0 Å². The third-order valence-electron chi connectivity index (χ3n) is 4.30. The lowest BCUT2D eigenvalue weighted by molar-refractivity contribution is 0.149. The Kier molecular flexibility index (Phi) is 5.00. The van der Waals surface area contributed by atoms with E-state index in [1.54, 1.807) is 12.1 Å². The molecule has 0 saturated carbocycles. The number of likely N-dealkylation sites (tertiary alicyclic amines) is 1. The van der Waals surface area contributed by atoms with Crippen LogP contribution in [0.3, 0.4) is 0 Å². The summed E-state index contributed by atoms with van der Waals surface area (Å²) in [6, 6.07) is 5.80.